The molecule has 10 heteroatoms. The van der Waals surface area contributed by atoms with Gasteiger partial charge in [0.25, 0.3) is 0 Å². The molecule has 0 radical (unpaired) electrons. The zero-order valence-electron chi connectivity index (χ0n) is 16.9. The Labute approximate surface area is 173 Å². The zero-order chi connectivity index (χ0) is 21.5. The van der Waals surface area contributed by atoms with Crippen LogP contribution in [-0.4, -0.2) is 46.0 Å². The van der Waals surface area contributed by atoms with Gasteiger partial charge in [-0.3, -0.25) is 0 Å². The summed E-state index contributed by atoms with van der Waals surface area (Å²) >= 11 is 0. The summed E-state index contributed by atoms with van der Waals surface area (Å²) in [4.78, 5) is 10.4. The van der Waals surface area contributed by atoms with E-state index in [0.29, 0.717) is 5.82 Å². The maximum Gasteiger partial charge on any atom is 0.417 e. The quantitative estimate of drug-likeness (QED) is 0.684. The summed E-state index contributed by atoms with van der Waals surface area (Å²) in [6.45, 7) is 4.12. The second-order valence-corrected chi connectivity index (χ2v) is 8.30. The topological polar surface area (TPSA) is 82.5 Å². The third-order valence-corrected chi connectivity index (χ3v) is 5.87. The van der Waals surface area contributed by atoms with Gasteiger partial charge in [0.2, 0.25) is 0 Å². The molecule has 3 N–H and O–H groups in total. The number of hydrogen-bond acceptors (Lipinski definition) is 7. The SMILES string of the molecule is CC(C)OC1=CC=C2NN[C@@H](c3cc(N4CCC(O)(C(F)(F)F)CC4)ncn3)[C@H]2C1. The highest BCUT2D eigenvalue weighted by atomic mass is 19.4. The fourth-order valence-electron chi connectivity index (χ4n) is 4.16. The Hall–Kier alpha value is -2.33. The van der Waals surface area contributed by atoms with Crippen LogP contribution >= 0.6 is 0 Å². The van der Waals surface area contributed by atoms with E-state index in [0.717, 1.165) is 23.6 Å². The molecule has 2 fully saturated rings. The minimum absolute atomic E-state index is 0.0759. The van der Waals surface area contributed by atoms with Crippen molar-refractivity contribution in [2.24, 2.45) is 5.92 Å². The Bertz CT molecular complexity index is 847. The summed E-state index contributed by atoms with van der Waals surface area (Å²) in [7, 11) is 0. The second kappa shape index (κ2) is 7.73. The van der Waals surface area contributed by atoms with Crippen molar-refractivity contribution in [2.45, 2.75) is 57.0 Å². The van der Waals surface area contributed by atoms with Gasteiger partial charge in [0.1, 0.15) is 12.1 Å². The highest BCUT2D eigenvalue weighted by Crippen LogP contribution is 2.40. The molecule has 3 heterocycles. The van der Waals surface area contributed by atoms with Crippen LogP contribution < -0.4 is 15.8 Å². The Balaban J connectivity index is 1.47. The average Bonchev–Trinajstić information content (AvgIpc) is 3.10. The molecule has 0 aromatic carbocycles. The van der Waals surface area contributed by atoms with Crippen LogP contribution in [0.15, 0.2) is 36.0 Å². The van der Waals surface area contributed by atoms with Gasteiger partial charge < -0.3 is 20.2 Å². The van der Waals surface area contributed by atoms with Crippen LogP contribution in [-0.2, 0) is 4.74 Å². The molecule has 0 spiro atoms. The van der Waals surface area contributed by atoms with Gasteiger partial charge in [0.05, 0.1) is 23.6 Å². The van der Waals surface area contributed by atoms with E-state index >= 15 is 0 Å². The van der Waals surface area contributed by atoms with E-state index in [4.69, 9.17) is 4.74 Å². The summed E-state index contributed by atoms with van der Waals surface area (Å²) in [5.41, 5.74) is 5.60. The number of alkyl halides is 3. The zero-order valence-corrected chi connectivity index (χ0v) is 16.9. The molecule has 2 aliphatic heterocycles. The number of nitrogens with one attached hydrogen (secondary N) is 2. The van der Waals surface area contributed by atoms with Crippen LogP contribution in [0, 0.1) is 5.92 Å². The molecule has 30 heavy (non-hydrogen) atoms. The first-order valence-corrected chi connectivity index (χ1v) is 10.1. The number of rotatable bonds is 4. The summed E-state index contributed by atoms with van der Waals surface area (Å²) in [5.74, 6) is 1.59. The molecule has 4 rings (SSSR count). The van der Waals surface area contributed by atoms with Gasteiger partial charge in [-0.15, -0.1) is 0 Å². The first kappa shape index (κ1) is 20.9. The van der Waals surface area contributed by atoms with Crippen LogP contribution in [0.3, 0.4) is 0 Å². The fourth-order valence-corrected chi connectivity index (χ4v) is 4.16. The lowest BCUT2D eigenvalue weighted by atomic mass is 9.88. The molecule has 0 bridgehead atoms. The van der Waals surface area contributed by atoms with E-state index in [-0.39, 0.29) is 44.0 Å². The van der Waals surface area contributed by atoms with Crippen molar-refractivity contribution < 1.29 is 23.0 Å². The molecule has 0 unspecified atom stereocenters. The normalized spacial score (nSPS) is 26.0. The van der Waals surface area contributed by atoms with Gasteiger partial charge in [0.15, 0.2) is 5.60 Å². The summed E-state index contributed by atoms with van der Waals surface area (Å²) in [5, 5.41) is 9.89. The number of anilines is 1. The van der Waals surface area contributed by atoms with Crippen molar-refractivity contribution in [2.75, 3.05) is 18.0 Å². The third-order valence-electron chi connectivity index (χ3n) is 5.87. The third kappa shape index (κ3) is 3.98. The van der Waals surface area contributed by atoms with Crippen LogP contribution in [0.25, 0.3) is 0 Å². The summed E-state index contributed by atoms with van der Waals surface area (Å²) in [6, 6.07) is 1.69. The van der Waals surface area contributed by atoms with E-state index < -0.39 is 11.8 Å². The number of halogens is 3. The number of hydrogen-bond donors (Lipinski definition) is 3. The monoisotopic (exact) mass is 425 g/mol. The molecule has 164 valence electrons. The van der Waals surface area contributed by atoms with Gasteiger partial charge in [-0.05, 0) is 26.0 Å². The van der Waals surface area contributed by atoms with Gasteiger partial charge in [-0.1, -0.05) is 0 Å². The average molecular weight is 425 g/mol. The van der Waals surface area contributed by atoms with E-state index in [1.54, 1.807) is 4.90 Å². The van der Waals surface area contributed by atoms with E-state index in [1.807, 2.05) is 32.1 Å². The summed E-state index contributed by atoms with van der Waals surface area (Å²) < 4.78 is 45.0. The van der Waals surface area contributed by atoms with Crippen molar-refractivity contribution in [3.05, 3.63) is 41.7 Å². The molecule has 7 nitrogen and oxygen atoms in total. The minimum atomic E-state index is -4.62. The maximum atomic E-state index is 13.1. The van der Waals surface area contributed by atoms with Crippen molar-refractivity contribution in [1.82, 2.24) is 20.8 Å². The standard InChI is InChI=1S/C20H26F3N5O2/c1-12(2)30-13-3-4-15-14(9-13)18(27-26-15)16-10-17(25-11-24-16)28-7-5-19(29,6-8-28)20(21,22)23/h3-4,10-12,14,18,26-27,29H,5-9H2,1-2H3/t14-,18+/m0/s1. The minimum Gasteiger partial charge on any atom is -0.495 e. The van der Waals surface area contributed by atoms with Crippen LogP contribution in [0.2, 0.25) is 0 Å². The largest absolute Gasteiger partial charge is 0.495 e. The summed E-state index contributed by atoms with van der Waals surface area (Å²) in [6.07, 6.45) is 0.812. The molecule has 3 aliphatic rings. The molecule has 2 atom stereocenters. The number of piperidine rings is 1. The fraction of sp³-hybridized carbons (Fsp3) is 0.600. The number of aliphatic hydroxyl groups is 1. The first-order chi connectivity index (χ1) is 14.2. The number of nitrogens with zero attached hydrogens (tertiary/aromatic N) is 3. The van der Waals surface area contributed by atoms with Gasteiger partial charge in [-0.2, -0.15) is 13.2 Å². The second-order valence-electron chi connectivity index (χ2n) is 8.30. The predicted octanol–water partition coefficient (Wildman–Crippen LogP) is 2.73. The van der Waals surface area contributed by atoms with E-state index in [1.165, 1.54) is 6.33 Å². The van der Waals surface area contributed by atoms with Crippen LogP contribution in [0.5, 0.6) is 0 Å². The molecule has 1 aromatic rings. The molecule has 1 aliphatic carbocycles. The molecule has 0 amide bonds. The van der Waals surface area contributed by atoms with E-state index in [9.17, 15) is 18.3 Å². The highest BCUT2D eigenvalue weighted by Gasteiger charge is 2.54. The number of aromatic nitrogens is 2. The smallest absolute Gasteiger partial charge is 0.417 e. The highest BCUT2D eigenvalue weighted by molar-refractivity contribution is 5.42. The lowest BCUT2D eigenvalue weighted by molar-refractivity contribution is -0.266. The molecule has 2 saturated heterocycles. The number of hydrazine groups is 1. The van der Waals surface area contributed by atoms with Crippen LogP contribution in [0.1, 0.15) is 44.8 Å². The van der Waals surface area contributed by atoms with Crippen molar-refractivity contribution >= 4 is 5.82 Å². The maximum absolute atomic E-state index is 13.1. The van der Waals surface area contributed by atoms with Gasteiger partial charge >= 0.3 is 6.18 Å². The molecular weight excluding hydrogens is 399 g/mol. The number of fused-ring (bicyclic) bond motifs is 1. The Morgan fingerprint density at radius 3 is 2.63 bits per heavy atom. The Kier molecular flexibility index (Phi) is 5.39. The predicted molar refractivity (Wildman–Crippen MR) is 104 cm³/mol. The van der Waals surface area contributed by atoms with E-state index in [2.05, 4.69) is 20.8 Å². The Morgan fingerprint density at radius 1 is 1.23 bits per heavy atom. The van der Waals surface area contributed by atoms with Crippen molar-refractivity contribution in [3.8, 4) is 0 Å². The first-order valence-electron chi connectivity index (χ1n) is 10.1. The number of allylic oxidation sites excluding steroid dienone is 3. The van der Waals surface area contributed by atoms with Crippen molar-refractivity contribution in [3.63, 3.8) is 0 Å². The Morgan fingerprint density at radius 2 is 1.97 bits per heavy atom. The molecule has 1 aromatic heterocycles. The molecular formula is C20H26F3N5O2. The lowest BCUT2D eigenvalue weighted by Gasteiger charge is -2.39. The van der Waals surface area contributed by atoms with Gasteiger partial charge in [-0.25, -0.2) is 15.4 Å². The van der Waals surface area contributed by atoms with Crippen LogP contribution in [0.4, 0.5) is 19.0 Å². The van der Waals surface area contributed by atoms with Gasteiger partial charge in [0, 0.05) is 50.0 Å². The number of ether oxygens (including phenoxy) is 1. The lowest BCUT2D eigenvalue weighted by Crippen LogP contribution is -2.53. The molecule has 0 saturated carbocycles. The van der Waals surface area contributed by atoms with Crippen molar-refractivity contribution in [1.29, 1.82) is 0 Å².